The molecule has 0 saturated carbocycles. The summed E-state index contributed by atoms with van der Waals surface area (Å²) in [4.78, 5) is 10.5. The van der Waals surface area contributed by atoms with Crippen LogP contribution in [0.1, 0.15) is 11.3 Å². The lowest BCUT2D eigenvalue weighted by Gasteiger charge is -2.13. The van der Waals surface area contributed by atoms with E-state index in [0.717, 1.165) is 0 Å². The van der Waals surface area contributed by atoms with Crippen LogP contribution in [0.3, 0.4) is 0 Å². The van der Waals surface area contributed by atoms with E-state index in [2.05, 4.69) is 15.0 Å². The number of halogens is 3. The van der Waals surface area contributed by atoms with Crippen LogP contribution in [0.4, 0.5) is 13.2 Å². The van der Waals surface area contributed by atoms with Crippen LogP contribution in [0.5, 0.6) is 11.5 Å². The molecule has 2 heterocycles. The molecule has 0 aliphatic carbocycles. The third kappa shape index (κ3) is 4.30. The molecule has 0 saturated heterocycles. The fourth-order valence-corrected chi connectivity index (χ4v) is 3.68. The molecule has 1 aromatic carbocycles. The number of fused-ring (bicyclic) bond motifs is 1. The number of ether oxygens (including phenoxy) is 1. The van der Waals surface area contributed by atoms with E-state index in [4.69, 9.17) is 4.74 Å². The number of phenols is 1. The Hall–Kier alpha value is -2.82. The Balaban J connectivity index is 1.88. The van der Waals surface area contributed by atoms with Gasteiger partial charge in [-0.05, 0) is 25.1 Å². The minimum absolute atomic E-state index is 0.0536. The van der Waals surface area contributed by atoms with Gasteiger partial charge in [-0.3, -0.25) is 4.98 Å². The highest BCUT2D eigenvalue weighted by Gasteiger charge is 2.29. The van der Waals surface area contributed by atoms with Crippen LogP contribution in [-0.2, 0) is 15.6 Å². The van der Waals surface area contributed by atoms with Gasteiger partial charge < -0.3 is 14.8 Å². The summed E-state index contributed by atoms with van der Waals surface area (Å²) in [7, 11) is -3.96. The summed E-state index contributed by atoms with van der Waals surface area (Å²) < 4.78 is 66.9. The first kappa shape index (κ1) is 19.0. The predicted octanol–water partition coefficient (Wildman–Crippen LogP) is 2.89. The van der Waals surface area contributed by atoms with Gasteiger partial charge in [0, 0.05) is 17.8 Å². The summed E-state index contributed by atoms with van der Waals surface area (Å²) in [6.07, 6.45) is -3.33. The van der Waals surface area contributed by atoms with Crippen molar-refractivity contribution in [1.29, 1.82) is 0 Å². The number of benzene rings is 1. The van der Waals surface area contributed by atoms with E-state index in [9.17, 15) is 26.7 Å². The van der Waals surface area contributed by atoms with Crippen LogP contribution in [0.25, 0.3) is 11.0 Å². The molecular formula is C16H14F3N3O4S. The first-order valence-electron chi connectivity index (χ1n) is 7.61. The number of hydrogen-bond acceptors (Lipinski definition) is 6. The predicted molar refractivity (Wildman–Crippen MR) is 89.2 cm³/mol. The molecule has 3 rings (SSSR count). The molecule has 0 unspecified atom stereocenters. The maximum absolute atomic E-state index is 12.6. The fraction of sp³-hybridized carbons (Fsp3) is 0.250. The highest BCUT2D eigenvalue weighted by molar-refractivity contribution is 7.90. The molecule has 11 heteroatoms. The third-order valence-corrected chi connectivity index (χ3v) is 5.15. The summed E-state index contributed by atoms with van der Waals surface area (Å²) in [5, 5.41) is 9.12. The molecule has 3 aromatic rings. The number of alkyl halides is 3. The lowest BCUT2D eigenvalue weighted by atomic mass is 10.2. The number of aromatic amines is 1. The highest BCUT2D eigenvalue weighted by Crippen LogP contribution is 2.26. The molecule has 2 N–H and O–H groups in total. The zero-order chi connectivity index (χ0) is 19.8. The van der Waals surface area contributed by atoms with Crippen LogP contribution in [-0.4, -0.2) is 41.3 Å². The summed E-state index contributed by atoms with van der Waals surface area (Å²) in [6.45, 7) is -0.0582. The Kier molecular flexibility index (Phi) is 4.72. The number of phenolic OH excluding ortho intramolecular Hbond substituents is 1. The summed E-state index contributed by atoms with van der Waals surface area (Å²) >= 11 is 0. The largest absolute Gasteiger partial charge is 0.508 e. The highest BCUT2D eigenvalue weighted by atomic mass is 32.2. The number of H-pyrrole nitrogens is 1. The van der Waals surface area contributed by atoms with E-state index in [0.29, 0.717) is 11.0 Å². The SMILES string of the molecule is Cc1c(OCC(F)(F)F)ccnc1CS(=O)(=O)c1nc2ccc(O)cc2[nH]1. The minimum atomic E-state index is -4.51. The molecule has 2 aromatic heterocycles. The zero-order valence-electron chi connectivity index (χ0n) is 13.9. The van der Waals surface area contributed by atoms with Gasteiger partial charge in [0.25, 0.3) is 0 Å². The zero-order valence-corrected chi connectivity index (χ0v) is 14.7. The first-order chi connectivity index (χ1) is 12.5. The standard InChI is InChI=1S/C16H14F3N3O4S/c1-9-13(20-5-4-14(9)26-8-16(17,18)19)7-27(24,25)15-21-11-3-2-10(23)6-12(11)22-15/h2-6,23H,7-8H2,1H3,(H,21,22). The van der Waals surface area contributed by atoms with Gasteiger partial charge in [0.15, 0.2) is 6.61 Å². The monoisotopic (exact) mass is 401 g/mol. The average Bonchev–Trinajstić information content (AvgIpc) is 2.99. The number of nitrogens with zero attached hydrogens (tertiary/aromatic N) is 2. The van der Waals surface area contributed by atoms with Crippen molar-refractivity contribution < 1.29 is 31.4 Å². The fourth-order valence-electron chi connectivity index (χ4n) is 2.39. The van der Waals surface area contributed by atoms with Gasteiger partial charge in [0.05, 0.1) is 16.7 Å². The van der Waals surface area contributed by atoms with Crippen molar-refractivity contribution in [2.75, 3.05) is 6.61 Å². The van der Waals surface area contributed by atoms with Gasteiger partial charge in [-0.2, -0.15) is 13.2 Å². The van der Waals surface area contributed by atoms with E-state index >= 15 is 0 Å². The van der Waals surface area contributed by atoms with Gasteiger partial charge in [-0.25, -0.2) is 13.4 Å². The number of hydrogen-bond donors (Lipinski definition) is 2. The maximum Gasteiger partial charge on any atom is 0.422 e. The molecule has 0 fully saturated rings. The molecule has 0 bridgehead atoms. The average molecular weight is 401 g/mol. The van der Waals surface area contributed by atoms with Crippen molar-refractivity contribution in [2.24, 2.45) is 0 Å². The number of aromatic nitrogens is 3. The van der Waals surface area contributed by atoms with E-state index in [1.165, 1.54) is 37.4 Å². The number of nitrogens with one attached hydrogen (secondary N) is 1. The number of pyridine rings is 1. The molecule has 27 heavy (non-hydrogen) atoms. The van der Waals surface area contributed by atoms with Crippen molar-refractivity contribution in [3.8, 4) is 11.5 Å². The van der Waals surface area contributed by atoms with Crippen molar-refractivity contribution in [3.05, 3.63) is 41.7 Å². The lowest BCUT2D eigenvalue weighted by Crippen LogP contribution is -2.20. The summed E-state index contributed by atoms with van der Waals surface area (Å²) in [5.41, 5.74) is 0.927. The second kappa shape index (κ2) is 6.72. The second-order valence-corrected chi connectivity index (χ2v) is 7.69. The number of imidazole rings is 1. The van der Waals surface area contributed by atoms with Gasteiger partial charge in [0.1, 0.15) is 17.3 Å². The first-order valence-corrected chi connectivity index (χ1v) is 9.26. The van der Waals surface area contributed by atoms with Crippen LogP contribution in [0, 0.1) is 6.92 Å². The molecule has 0 radical (unpaired) electrons. The molecule has 0 amide bonds. The topological polar surface area (TPSA) is 105 Å². The molecule has 0 aliphatic heterocycles. The van der Waals surface area contributed by atoms with Gasteiger partial charge in [-0.1, -0.05) is 0 Å². The third-order valence-electron chi connectivity index (χ3n) is 3.72. The Morgan fingerprint density at radius 3 is 2.70 bits per heavy atom. The Morgan fingerprint density at radius 2 is 2.00 bits per heavy atom. The van der Waals surface area contributed by atoms with Crippen molar-refractivity contribution in [3.63, 3.8) is 0 Å². The van der Waals surface area contributed by atoms with E-state index in [1.807, 2.05) is 0 Å². The van der Waals surface area contributed by atoms with Gasteiger partial charge in [-0.15, -0.1) is 0 Å². The van der Waals surface area contributed by atoms with E-state index in [1.54, 1.807) is 0 Å². The Bertz CT molecular complexity index is 1090. The molecule has 144 valence electrons. The molecule has 0 spiro atoms. The van der Waals surface area contributed by atoms with Crippen LogP contribution in [0.15, 0.2) is 35.6 Å². The minimum Gasteiger partial charge on any atom is -0.508 e. The van der Waals surface area contributed by atoms with Gasteiger partial charge >= 0.3 is 6.18 Å². The Labute approximate surface area is 151 Å². The van der Waals surface area contributed by atoms with Gasteiger partial charge in [0.2, 0.25) is 15.0 Å². The summed E-state index contributed by atoms with van der Waals surface area (Å²) in [6, 6.07) is 5.39. The smallest absolute Gasteiger partial charge is 0.422 e. The van der Waals surface area contributed by atoms with E-state index < -0.39 is 28.4 Å². The Morgan fingerprint density at radius 1 is 1.26 bits per heavy atom. The second-order valence-electron chi connectivity index (χ2n) is 5.79. The number of rotatable bonds is 5. The van der Waals surface area contributed by atoms with E-state index in [-0.39, 0.29) is 27.9 Å². The van der Waals surface area contributed by atoms with Crippen molar-refractivity contribution in [2.45, 2.75) is 24.0 Å². The van der Waals surface area contributed by atoms with Crippen LogP contribution in [0.2, 0.25) is 0 Å². The number of sulfone groups is 1. The van der Waals surface area contributed by atoms with Crippen LogP contribution >= 0.6 is 0 Å². The molecule has 0 aliphatic rings. The quantitative estimate of drug-likeness (QED) is 0.681. The van der Waals surface area contributed by atoms with Crippen molar-refractivity contribution in [1.82, 2.24) is 15.0 Å². The summed E-state index contributed by atoms with van der Waals surface area (Å²) in [5.74, 6) is -0.724. The molecule has 0 atom stereocenters. The maximum atomic E-state index is 12.6. The lowest BCUT2D eigenvalue weighted by molar-refractivity contribution is -0.153. The molecule has 7 nitrogen and oxygen atoms in total. The number of aromatic hydroxyl groups is 1. The normalized spacial score (nSPS) is 12.4. The van der Waals surface area contributed by atoms with Crippen LogP contribution < -0.4 is 4.74 Å². The van der Waals surface area contributed by atoms with Crippen molar-refractivity contribution >= 4 is 20.9 Å². The molecular weight excluding hydrogens is 387 g/mol.